The fourth-order valence-electron chi connectivity index (χ4n) is 1.55. The Kier molecular flexibility index (Phi) is 6.38. The molecule has 0 aliphatic heterocycles. The standard InChI is InChI=1S/C12H21N3O3/c1-3-10-9-11(15(2)14-10)12(17)13-5-4-7-18-8-6-16/h9,16H,3-8H2,1-2H3,(H,13,17). The molecule has 1 rings (SSSR count). The molecule has 0 unspecified atom stereocenters. The van der Waals surface area contributed by atoms with Gasteiger partial charge in [-0.05, 0) is 18.9 Å². The Balaban J connectivity index is 2.29. The summed E-state index contributed by atoms with van der Waals surface area (Å²) in [6.45, 7) is 3.46. The first-order valence-corrected chi connectivity index (χ1v) is 6.18. The monoisotopic (exact) mass is 255 g/mol. The number of carbonyl (C=O) groups excluding carboxylic acids is 1. The molecule has 0 radical (unpaired) electrons. The van der Waals surface area contributed by atoms with Crippen molar-refractivity contribution in [2.45, 2.75) is 19.8 Å². The van der Waals surface area contributed by atoms with Crippen molar-refractivity contribution in [3.63, 3.8) is 0 Å². The average Bonchev–Trinajstić information content (AvgIpc) is 2.75. The third-order valence-corrected chi connectivity index (χ3v) is 2.51. The third kappa shape index (κ3) is 4.46. The van der Waals surface area contributed by atoms with E-state index >= 15 is 0 Å². The van der Waals surface area contributed by atoms with Crippen LogP contribution in [0.1, 0.15) is 29.5 Å². The van der Waals surface area contributed by atoms with Crippen molar-refractivity contribution in [3.05, 3.63) is 17.5 Å². The molecule has 1 aromatic rings. The zero-order valence-corrected chi connectivity index (χ0v) is 11.0. The first kappa shape index (κ1) is 14.7. The average molecular weight is 255 g/mol. The highest BCUT2D eigenvalue weighted by atomic mass is 16.5. The molecule has 6 nitrogen and oxygen atoms in total. The van der Waals surface area contributed by atoms with Gasteiger partial charge in [0.05, 0.1) is 18.9 Å². The van der Waals surface area contributed by atoms with Crippen molar-refractivity contribution in [1.82, 2.24) is 15.1 Å². The minimum atomic E-state index is -0.119. The molecule has 0 aliphatic rings. The Labute approximate surface area is 107 Å². The number of carbonyl (C=O) groups is 1. The number of rotatable bonds is 8. The maximum Gasteiger partial charge on any atom is 0.269 e. The molecule has 0 spiro atoms. The Morgan fingerprint density at radius 1 is 1.56 bits per heavy atom. The summed E-state index contributed by atoms with van der Waals surface area (Å²) in [5.41, 5.74) is 1.48. The second-order valence-corrected chi connectivity index (χ2v) is 3.94. The van der Waals surface area contributed by atoms with Gasteiger partial charge in [0.1, 0.15) is 5.69 Å². The van der Waals surface area contributed by atoms with Gasteiger partial charge in [0.2, 0.25) is 0 Å². The maximum absolute atomic E-state index is 11.8. The molecule has 1 amide bonds. The van der Waals surface area contributed by atoms with Gasteiger partial charge in [-0.2, -0.15) is 5.10 Å². The summed E-state index contributed by atoms with van der Waals surface area (Å²) in [4.78, 5) is 11.8. The largest absolute Gasteiger partial charge is 0.394 e. The van der Waals surface area contributed by atoms with Gasteiger partial charge in [-0.3, -0.25) is 9.48 Å². The van der Waals surface area contributed by atoms with Crippen LogP contribution in [0.5, 0.6) is 0 Å². The van der Waals surface area contributed by atoms with E-state index in [1.165, 1.54) is 0 Å². The first-order chi connectivity index (χ1) is 8.69. The number of aliphatic hydroxyl groups is 1. The number of hydrogen-bond acceptors (Lipinski definition) is 4. The van der Waals surface area contributed by atoms with Gasteiger partial charge >= 0.3 is 0 Å². The summed E-state index contributed by atoms with van der Waals surface area (Å²) in [5, 5.41) is 15.5. The number of aliphatic hydroxyl groups excluding tert-OH is 1. The minimum absolute atomic E-state index is 0.0289. The van der Waals surface area contributed by atoms with Gasteiger partial charge in [0.15, 0.2) is 0 Å². The van der Waals surface area contributed by atoms with Gasteiger partial charge in [-0.1, -0.05) is 6.92 Å². The zero-order chi connectivity index (χ0) is 13.4. The van der Waals surface area contributed by atoms with Crippen LogP contribution in [-0.4, -0.2) is 47.2 Å². The highest BCUT2D eigenvalue weighted by molar-refractivity contribution is 5.92. The molecular weight excluding hydrogens is 234 g/mol. The summed E-state index contributed by atoms with van der Waals surface area (Å²) in [7, 11) is 1.76. The van der Waals surface area contributed by atoms with Crippen LogP contribution in [0.3, 0.4) is 0 Å². The molecule has 0 bridgehead atoms. The molecule has 18 heavy (non-hydrogen) atoms. The van der Waals surface area contributed by atoms with E-state index in [0.29, 0.717) is 25.5 Å². The number of nitrogens with zero attached hydrogens (tertiary/aromatic N) is 2. The SMILES string of the molecule is CCc1cc(C(=O)NCCCOCCO)n(C)n1. The fourth-order valence-corrected chi connectivity index (χ4v) is 1.55. The van der Waals surface area contributed by atoms with Crippen LogP contribution < -0.4 is 5.32 Å². The highest BCUT2D eigenvalue weighted by Crippen LogP contribution is 2.03. The van der Waals surface area contributed by atoms with E-state index in [2.05, 4.69) is 10.4 Å². The number of hydrogen-bond donors (Lipinski definition) is 2. The number of aryl methyl sites for hydroxylation is 2. The van der Waals surface area contributed by atoms with Crippen LogP contribution in [-0.2, 0) is 18.2 Å². The molecule has 1 heterocycles. The number of ether oxygens (including phenoxy) is 1. The third-order valence-electron chi connectivity index (χ3n) is 2.51. The molecule has 0 aliphatic carbocycles. The molecule has 0 saturated heterocycles. The van der Waals surface area contributed by atoms with Gasteiger partial charge < -0.3 is 15.2 Å². The number of amides is 1. The molecule has 0 saturated carbocycles. The van der Waals surface area contributed by atoms with E-state index in [4.69, 9.17) is 9.84 Å². The van der Waals surface area contributed by atoms with E-state index < -0.39 is 0 Å². The van der Waals surface area contributed by atoms with Gasteiger partial charge in [-0.25, -0.2) is 0 Å². The van der Waals surface area contributed by atoms with E-state index in [9.17, 15) is 4.79 Å². The molecule has 0 aromatic carbocycles. The summed E-state index contributed by atoms with van der Waals surface area (Å²) in [6, 6.07) is 1.80. The maximum atomic E-state index is 11.8. The van der Waals surface area contributed by atoms with Crippen molar-refractivity contribution in [2.24, 2.45) is 7.05 Å². The Bertz CT molecular complexity index is 377. The lowest BCUT2D eigenvalue weighted by Crippen LogP contribution is -2.27. The highest BCUT2D eigenvalue weighted by Gasteiger charge is 2.11. The molecule has 2 N–H and O–H groups in total. The van der Waals surface area contributed by atoms with Crippen LogP contribution in [0.2, 0.25) is 0 Å². The molecule has 1 aromatic heterocycles. The van der Waals surface area contributed by atoms with Gasteiger partial charge in [0.25, 0.3) is 5.91 Å². The van der Waals surface area contributed by atoms with Crippen LogP contribution in [0, 0.1) is 0 Å². The van der Waals surface area contributed by atoms with Gasteiger partial charge in [0, 0.05) is 20.2 Å². The Morgan fingerprint density at radius 2 is 2.33 bits per heavy atom. The molecule has 6 heteroatoms. The summed E-state index contributed by atoms with van der Waals surface area (Å²) in [5.74, 6) is -0.119. The summed E-state index contributed by atoms with van der Waals surface area (Å²) >= 11 is 0. The molecule has 0 atom stereocenters. The van der Waals surface area contributed by atoms with E-state index in [-0.39, 0.29) is 12.5 Å². The van der Waals surface area contributed by atoms with Crippen molar-refractivity contribution in [2.75, 3.05) is 26.4 Å². The van der Waals surface area contributed by atoms with E-state index in [0.717, 1.165) is 18.5 Å². The minimum Gasteiger partial charge on any atom is -0.394 e. The number of aromatic nitrogens is 2. The second-order valence-electron chi connectivity index (χ2n) is 3.94. The smallest absolute Gasteiger partial charge is 0.269 e. The van der Waals surface area contributed by atoms with Crippen LogP contribution in [0.15, 0.2) is 6.07 Å². The first-order valence-electron chi connectivity index (χ1n) is 6.18. The van der Waals surface area contributed by atoms with Crippen molar-refractivity contribution >= 4 is 5.91 Å². The molecular formula is C12H21N3O3. The Morgan fingerprint density at radius 3 is 2.94 bits per heavy atom. The predicted octanol–water partition coefficient (Wildman–Crippen LogP) is 0.111. The lowest BCUT2D eigenvalue weighted by Gasteiger charge is -2.05. The predicted molar refractivity (Wildman–Crippen MR) is 67.4 cm³/mol. The molecule has 0 fully saturated rings. The van der Waals surface area contributed by atoms with Crippen molar-refractivity contribution in [3.8, 4) is 0 Å². The second kappa shape index (κ2) is 7.84. The Hall–Kier alpha value is -1.40. The molecule has 102 valence electrons. The number of nitrogens with one attached hydrogen (secondary N) is 1. The topological polar surface area (TPSA) is 76.4 Å². The van der Waals surface area contributed by atoms with Gasteiger partial charge in [-0.15, -0.1) is 0 Å². The van der Waals surface area contributed by atoms with Crippen LogP contribution in [0.25, 0.3) is 0 Å². The summed E-state index contributed by atoms with van der Waals surface area (Å²) < 4.78 is 6.69. The van der Waals surface area contributed by atoms with E-state index in [1.54, 1.807) is 17.8 Å². The lowest BCUT2D eigenvalue weighted by atomic mass is 10.3. The quantitative estimate of drug-likeness (QED) is 0.646. The van der Waals surface area contributed by atoms with Crippen molar-refractivity contribution < 1.29 is 14.6 Å². The lowest BCUT2D eigenvalue weighted by molar-refractivity contribution is 0.0864. The van der Waals surface area contributed by atoms with Crippen LogP contribution >= 0.6 is 0 Å². The normalized spacial score (nSPS) is 10.6. The van der Waals surface area contributed by atoms with Crippen LogP contribution in [0.4, 0.5) is 0 Å². The zero-order valence-electron chi connectivity index (χ0n) is 11.0. The van der Waals surface area contributed by atoms with E-state index in [1.807, 2.05) is 6.92 Å². The fraction of sp³-hybridized carbons (Fsp3) is 0.667. The summed E-state index contributed by atoms with van der Waals surface area (Å²) in [6.07, 6.45) is 1.54. The van der Waals surface area contributed by atoms with Crippen molar-refractivity contribution in [1.29, 1.82) is 0 Å².